The highest BCUT2D eigenvalue weighted by Gasteiger charge is 2.39. The van der Waals surface area contributed by atoms with Crippen molar-refractivity contribution in [2.24, 2.45) is 0 Å². The van der Waals surface area contributed by atoms with Gasteiger partial charge in [0.2, 0.25) is 11.2 Å². The zero-order valence-electron chi connectivity index (χ0n) is 16.4. The molecule has 5 nitrogen and oxygen atoms in total. The van der Waals surface area contributed by atoms with Crippen LogP contribution >= 0.6 is 0 Å². The molecule has 0 radical (unpaired) electrons. The van der Waals surface area contributed by atoms with Crippen molar-refractivity contribution < 1.29 is 27.1 Å². The predicted molar refractivity (Wildman–Crippen MR) is 103 cm³/mol. The van der Waals surface area contributed by atoms with Gasteiger partial charge in [-0.2, -0.15) is 13.2 Å². The highest BCUT2D eigenvalue weighted by molar-refractivity contribution is 5.87. The van der Waals surface area contributed by atoms with Crippen LogP contribution in [0.2, 0.25) is 0 Å². The predicted octanol–water partition coefficient (Wildman–Crippen LogP) is 4.56. The quantitative estimate of drug-likeness (QED) is 0.621. The van der Waals surface area contributed by atoms with Gasteiger partial charge in [0.15, 0.2) is 0 Å². The molecule has 0 aliphatic heterocycles. The summed E-state index contributed by atoms with van der Waals surface area (Å²) in [6.45, 7) is 0.239. The van der Waals surface area contributed by atoms with Crippen molar-refractivity contribution in [1.29, 1.82) is 0 Å². The highest BCUT2D eigenvalue weighted by atomic mass is 19.4. The number of halogens is 3. The molecule has 0 saturated carbocycles. The first-order valence-corrected chi connectivity index (χ1v) is 8.70. The van der Waals surface area contributed by atoms with Gasteiger partial charge in [-0.25, -0.2) is 0 Å². The van der Waals surface area contributed by atoms with E-state index in [0.717, 1.165) is 0 Å². The fourth-order valence-corrected chi connectivity index (χ4v) is 3.17. The van der Waals surface area contributed by atoms with Crippen molar-refractivity contribution in [3.63, 3.8) is 0 Å². The number of rotatable bonds is 5. The van der Waals surface area contributed by atoms with E-state index >= 15 is 0 Å². The third-order valence-corrected chi connectivity index (χ3v) is 4.45. The first kappa shape index (κ1) is 20.7. The van der Waals surface area contributed by atoms with Gasteiger partial charge < -0.3 is 18.8 Å². The topological polar surface area (TPSA) is 51.9 Å². The first-order chi connectivity index (χ1) is 13.7. The SMILES string of the molecule is COc1ccc(-c2c(C(F)(F)F)oc3c(CN(C)C)c(OC)ccc3c2=O)cc1. The molecule has 3 aromatic rings. The summed E-state index contributed by atoms with van der Waals surface area (Å²) in [5.74, 6) is -0.529. The van der Waals surface area contributed by atoms with Crippen LogP contribution in [0.3, 0.4) is 0 Å². The van der Waals surface area contributed by atoms with E-state index in [9.17, 15) is 18.0 Å². The average molecular weight is 407 g/mol. The number of ether oxygens (including phenoxy) is 2. The van der Waals surface area contributed by atoms with Crippen LogP contribution in [0.4, 0.5) is 13.2 Å². The number of fused-ring (bicyclic) bond motifs is 1. The molecular formula is C21H20F3NO4. The maximum atomic E-state index is 13.9. The Hall–Kier alpha value is -3.00. The smallest absolute Gasteiger partial charge is 0.450 e. The van der Waals surface area contributed by atoms with E-state index in [2.05, 4.69) is 0 Å². The number of hydrogen-bond acceptors (Lipinski definition) is 5. The number of nitrogens with zero attached hydrogens (tertiary/aromatic N) is 1. The summed E-state index contributed by atoms with van der Waals surface area (Å²) in [5.41, 5.74) is -0.953. The van der Waals surface area contributed by atoms with Gasteiger partial charge in [0, 0.05) is 6.54 Å². The van der Waals surface area contributed by atoms with Gasteiger partial charge in [0.05, 0.1) is 30.7 Å². The van der Waals surface area contributed by atoms with Crippen LogP contribution in [0.25, 0.3) is 22.1 Å². The van der Waals surface area contributed by atoms with Crippen molar-refractivity contribution in [3.8, 4) is 22.6 Å². The van der Waals surface area contributed by atoms with Crippen molar-refractivity contribution >= 4 is 11.0 Å². The third-order valence-electron chi connectivity index (χ3n) is 4.45. The standard InChI is InChI=1S/C21H20F3NO4/c1-25(2)11-15-16(28-4)10-9-14-18(26)17(12-5-7-13(27-3)8-6-12)20(21(22,23)24)29-19(14)15/h5-10H,11H2,1-4H3. The van der Waals surface area contributed by atoms with E-state index in [1.807, 2.05) is 0 Å². The normalized spacial score (nSPS) is 11.9. The molecule has 0 bridgehead atoms. The van der Waals surface area contributed by atoms with Crippen molar-refractivity contribution in [2.75, 3.05) is 28.3 Å². The molecule has 0 fully saturated rings. The second kappa shape index (κ2) is 7.79. The fraction of sp³-hybridized carbons (Fsp3) is 0.286. The molecule has 0 aliphatic carbocycles. The Balaban J connectivity index is 2.40. The van der Waals surface area contributed by atoms with Gasteiger partial charge in [-0.05, 0) is 43.9 Å². The molecule has 0 atom stereocenters. The molecule has 3 rings (SSSR count). The first-order valence-electron chi connectivity index (χ1n) is 8.70. The summed E-state index contributed by atoms with van der Waals surface area (Å²) >= 11 is 0. The number of alkyl halides is 3. The Morgan fingerprint density at radius 2 is 1.66 bits per heavy atom. The zero-order chi connectivity index (χ0) is 21.3. The molecule has 29 heavy (non-hydrogen) atoms. The maximum Gasteiger partial charge on any atom is 0.450 e. The lowest BCUT2D eigenvalue weighted by molar-refractivity contribution is -0.152. The van der Waals surface area contributed by atoms with Gasteiger partial charge in [0.1, 0.15) is 17.1 Å². The molecule has 0 saturated heterocycles. The second-order valence-electron chi connectivity index (χ2n) is 6.72. The van der Waals surface area contributed by atoms with Crippen LogP contribution < -0.4 is 14.9 Å². The highest BCUT2D eigenvalue weighted by Crippen LogP contribution is 2.39. The average Bonchev–Trinajstić information content (AvgIpc) is 2.67. The summed E-state index contributed by atoms with van der Waals surface area (Å²) in [7, 11) is 6.37. The van der Waals surface area contributed by atoms with Crippen LogP contribution in [-0.2, 0) is 12.7 Å². The van der Waals surface area contributed by atoms with Crippen LogP contribution in [0, 0.1) is 0 Å². The summed E-state index contributed by atoms with van der Waals surface area (Å²) in [6, 6.07) is 8.76. The Kier molecular flexibility index (Phi) is 5.57. The van der Waals surface area contributed by atoms with Crippen molar-refractivity contribution in [1.82, 2.24) is 4.90 Å². The summed E-state index contributed by atoms with van der Waals surface area (Å²) in [6.07, 6.45) is -4.86. The number of methoxy groups -OCH3 is 2. The fourth-order valence-electron chi connectivity index (χ4n) is 3.17. The Labute approximate surface area is 165 Å². The lowest BCUT2D eigenvalue weighted by atomic mass is 10.00. The van der Waals surface area contributed by atoms with Gasteiger partial charge >= 0.3 is 6.18 Å². The summed E-state index contributed by atoms with van der Waals surface area (Å²) < 4.78 is 57.3. The Morgan fingerprint density at radius 1 is 1.00 bits per heavy atom. The molecule has 8 heteroatoms. The largest absolute Gasteiger partial charge is 0.497 e. The molecule has 1 heterocycles. The van der Waals surface area contributed by atoms with Gasteiger partial charge in [0.25, 0.3) is 0 Å². The van der Waals surface area contributed by atoms with Gasteiger partial charge in [-0.1, -0.05) is 12.1 Å². The molecule has 0 unspecified atom stereocenters. The van der Waals surface area contributed by atoms with Crippen LogP contribution in [0.1, 0.15) is 11.3 Å². The summed E-state index contributed by atoms with van der Waals surface area (Å²) in [5, 5.41) is 0.0569. The summed E-state index contributed by atoms with van der Waals surface area (Å²) in [4.78, 5) is 14.9. The Morgan fingerprint density at radius 3 is 2.17 bits per heavy atom. The van der Waals surface area contributed by atoms with E-state index in [1.54, 1.807) is 25.1 Å². The van der Waals surface area contributed by atoms with Crippen molar-refractivity contribution in [3.05, 3.63) is 57.9 Å². The minimum atomic E-state index is -4.86. The van der Waals surface area contributed by atoms with E-state index in [-0.39, 0.29) is 23.1 Å². The lowest BCUT2D eigenvalue weighted by Gasteiger charge is -2.18. The molecule has 154 valence electrons. The van der Waals surface area contributed by atoms with E-state index in [4.69, 9.17) is 13.9 Å². The van der Waals surface area contributed by atoms with Crippen LogP contribution in [0.5, 0.6) is 11.5 Å². The lowest BCUT2D eigenvalue weighted by Crippen LogP contribution is -2.18. The molecule has 0 amide bonds. The zero-order valence-corrected chi connectivity index (χ0v) is 16.4. The minimum absolute atomic E-state index is 0.0569. The third kappa shape index (κ3) is 3.93. The van der Waals surface area contributed by atoms with E-state index in [0.29, 0.717) is 17.1 Å². The molecular weight excluding hydrogens is 387 g/mol. The number of benzene rings is 2. The minimum Gasteiger partial charge on any atom is -0.497 e. The van der Waals surface area contributed by atoms with Crippen molar-refractivity contribution in [2.45, 2.75) is 12.7 Å². The number of hydrogen-bond donors (Lipinski definition) is 0. The van der Waals surface area contributed by atoms with Gasteiger partial charge in [-0.15, -0.1) is 0 Å². The maximum absolute atomic E-state index is 13.9. The molecule has 1 aromatic heterocycles. The monoisotopic (exact) mass is 407 g/mol. The van der Waals surface area contributed by atoms with Gasteiger partial charge in [-0.3, -0.25) is 4.79 Å². The van der Waals surface area contributed by atoms with Crippen LogP contribution in [0.15, 0.2) is 45.6 Å². The molecule has 2 aromatic carbocycles. The second-order valence-corrected chi connectivity index (χ2v) is 6.72. The molecule has 0 spiro atoms. The molecule has 0 N–H and O–H groups in total. The van der Waals surface area contributed by atoms with Crippen LogP contribution in [-0.4, -0.2) is 33.2 Å². The Bertz CT molecular complexity index is 1090. The molecule has 0 aliphatic rings. The van der Waals surface area contributed by atoms with E-state index in [1.165, 1.54) is 44.6 Å². The van der Waals surface area contributed by atoms with E-state index < -0.39 is 22.9 Å².